The van der Waals surface area contributed by atoms with Gasteiger partial charge in [-0.3, -0.25) is 0 Å². The molecule has 0 N–H and O–H groups in total. The first kappa shape index (κ1) is 185. The fourth-order valence-corrected chi connectivity index (χ4v) is 0. The van der Waals surface area contributed by atoms with Gasteiger partial charge in [0.1, 0.15) is 0 Å². The van der Waals surface area contributed by atoms with E-state index in [0.717, 1.165) is 0 Å². The van der Waals surface area contributed by atoms with Crippen molar-refractivity contribution in [3.05, 3.63) is 0 Å². The smallest absolute Gasteiger partial charge is 2.00 e. The Morgan fingerprint density at radius 2 is 0.333 bits per heavy atom. The predicted molar refractivity (Wildman–Crippen MR) is 3.43 cm³/mol. The molecule has 0 aromatic rings. The minimum atomic E-state index is 0. The van der Waals surface area contributed by atoms with E-state index in [1.165, 1.54) is 0 Å². The van der Waals surface area contributed by atoms with E-state index in [4.69, 9.17) is 0 Å². The van der Waals surface area contributed by atoms with E-state index in [9.17, 15) is 0 Å². The van der Waals surface area contributed by atoms with Crippen LogP contribution in [0.4, 0.5) is 0 Å². The molecule has 0 aromatic carbocycles. The number of hydrogen-bond acceptors (Lipinski definition) is 0. The van der Waals surface area contributed by atoms with Crippen LogP contribution in [-0.4, -0.2) is 0 Å². The summed E-state index contributed by atoms with van der Waals surface area (Å²) >= 11 is 0. The molecule has 0 saturated heterocycles. The third-order valence-corrected chi connectivity index (χ3v) is 0. The Hall–Kier alpha value is 2.68. The quantitative estimate of drug-likeness (QED) is 0.465. The van der Waals surface area contributed by atoms with Gasteiger partial charge in [-0.2, -0.15) is 0 Å². The molecule has 9 heteroatoms. The Bertz CT molecular complexity index is 12.9. The minimum absolute atomic E-state index is 0. The van der Waals surface area contributed by atoms with Crippen molar-refractivity contribution in [1.29, 1.82) is 0 Å². The van der Waals surface area contributed by atoms with Gasteiger partial charge in [0.2, 0.25) is 0 Å². The van der Waals surface area contributed by atoms with Gasteiger partial charge < -0.3 is 27.4 Å². The number of rotatable bonds is 0. The maximum atomic E-state index is 0. The van der Waals surface area contributed by atoms with Crippen LogP contribution in [0.5, 0.6) is 0 Å². The van der Waals surface area contributed by atoms with E-state index in [0.29, 0.717) is 0 Å². The van der Waals surface area contributed by atoms with Gasteiger partial charge in [0.15, 0.2) is 0 Å². The van der Waals surface area contributed by atoms with Crippen molar-refractivity contribution in [3.63, 3.8) is 0 Å². The number of hydrogen-bond donors (Lipinski definition) is 0. The molecule has 0 atom stereocenters. The molecule has 0 aliphatic carbocycles. The van der Waals surface area contributed by atoms with E-state index < -0.39 is 0 Å². The Kier molecular flexibility index (Phi) is 2860. The van der Waals surface area contributed by atoms with E-state index in [1.807, 2.05) is 0 Å². The maximum Gasteiger partial charge on any atom is 3.00 e. The second-order valence-corrected chi connectivity index (χ2v) is 0. The van der Waals surface area contributed by atoms with E-state index in [-0.39, 0.29) is 116 Å². The van der Waals surface area contributed by atoms with Crippen molar-refractivity contribution in [3.8, 4) is 0 Å². The molecule has 0 saturated carbocycles. The SMILES string of the molecule is [Cd+2].[Cd+2].[Fe+3].[Fe+3].[O-2].[O-2].[O-2].[O-2].[O-2]. The van der Waals surface area contributed by atoms with Crippen LogP contribution in [-0.2, 0) is 116 Å². The summed E-state index contributed by atoms with van der Waals surface area (Å²) in [6, 6.07) is 0. The molecular weight excluding hydrogens is 417 g/mol. The first-order valence-electron chi connectivity index (χ1n) is 0. The monoisotopic (exact) mass is 420 g/mol. The molecule has 2 radical (unpaired) electrons. The van der Waals surface area contributed by atoms with Gasteiger partial charge in [-0.1, -0.05) is 0 Å². The van der Waals surface area contributed by atoms with Crippen LogP contribution in [0.15, 0.2) is 0 Å². The van der Waals surface area contributed by atoms with Gasteiger partial charge in [0, 0.05) is 0 Å². The van der Waals surface area contributed by atoms with Crippen LogP contribution in [0.1, 0.15) is 0 Å². The van der Waals surface area contributed by atoms with Gasteiger partial charge in [-0.15, -0.1) is 0 Å². The summed E-state index contributed by atoms with van der Waals surface area (Å²) in [6.45, 7) is 0. The van der Waals surface area contributed by atoms with Crippen molar-refractivity contribution in [2.45, 2.75) is 0 Å². The van der Waals surface area contributed by atoms with Crippen LogP contribution < -0.4 is 0 Å². The van der Waals surface area contributed by atoms with Crippen molar-refractivity contribution < 1.29 is 116 Å². The first-order valence-corrected chi connectivity index (χ1v) is 0. The fourth-order valence-electron chi connectivity index (χ4n) is 0. The summed E-state index contributed by atoms with van der Waals surface area (Å²) in [5, 5.41) is 0. The largest absolute Gasteiger partial charge is 3.00 e. The van der Waals surface area contributed by atoms with Crippen LogP contribution in [0.25, 0.3) is 0 Å². The van der Waals surface area contributed by atoms with Crippen molar-refractivity contribution in [2.24, 2.45) is 0 Å². The van der Waals surface area contributed by atoms with Crippen molar-refractivity contribution >= 4 is 0 Å². The van der Waals surface area contributed by atoms with E-state index in [1.54, 1.807) is 0 Å². The predicted octanol–water partition coefficient (Wildman–Crippen LogP) is -0.604. The average Bonchev–Trinajstić information content (AvgIpc) is 0. The van der Waals surface area contributed by atoms with Gasteiger partial charge in [0.25, 0.3) is 0 Å². The van der Waals surface area contributed by atoms with Gasteiger partial charge >= 0.3 is 88.7 Å². The molecule has 50 valence electrons. The molecule has 0 aliphatic heterocycles. The molecule has 0 bridgehead atoms. The third kappa shape index (κ3) is 112. The summed E-state index contributed by atoms with van der Waals surface area (Å²) < 4.78 is 0. The molecule has 0 fully saturated rings. The first-order chi connectivity index (χ1) is 0. The molecule has 0 aliphatic rings. The van der Waals surface area contributed by atoms with E-state index >= 15 is 0 Å². The van der Waals surface area contributed by atoms with Crippen LogP contribution in [0.3, 0.4) is 0 Å². The van der Waals surface area contributed by atoms with Crippen molar-refractivity contribution in [2.75, 3.05) is 0 Å². The van der Waals surface area contributed by atoms with Crippen LogP contribution >= 0.6 is 0 Å². The Labute approximate surface area is 115 Å². The van der Waals surface area contributed by atoms with Crippen molar-refractivity contribution in [1.82, 2.24) is 0 Å². The summed E-state index contributed by atoms with van der Waals surface area (Å²) in [6.07, 6.45) is 0. The molecule has 0 unspecified atom stereocenters. The zero-order valence-corrected chi connectivity index (χ0v) is 14.4. The molecule has 0 amide bonds. The maximum absolute atomic E-state index is 0. The summed E-state index contributed by atoms with van der Waals surface area (Å²) in [4.78, 5) is 0. The Morgan fingerprint density at radius 3 is 0.333 bits per heavy atom. The summed E-state index contributed by atoms with van der Waals surface area (Å²) in [5.41, 5.74) is 0. The molecule has 0 rings (SSSR count). The van der Waals surface area contributed by atoms with Crippen LogP contribution in [0, 0.1) is 0 Å². The third-order valence-electron chi connectivity index (χ3n) is 0. The molecule has 5 nitrogen and oxygen atoms in total. The summed E-state index contributed by atoms with van der Waals surface area (Å²) in [7, 11) is 0. The van der Waals surface area contributed by atoms with E-state index in [2.05, 4.69) is 0 Å². The fraction of sp³-hybridized carbons (Fsp3) is 0. The molecule has 0 spiro atoms. The molecule has 0 aromatic heterocycles. The Morgan fingerprint density at radius 1 is 0.333 bits per heavy atom. The Balaban J connectivity index is 0. The minimum Gasteiger partial charge on any atom is -2.00 e. The molecular formula is Cd2Fe2O5. The zero-order valence-electron chi connectivity index (χ0n) is 4.16. The topological polar surface area (TPSA) is 142 Å². The normalized spacial score (nSPS) is 0. The summed E-state index contributed by atoms with van der Waals surface area (Å²) in [5.74, 6) is 0. The second kappa shape index (κ2) is 139. The molecule has 9 heavy (non-hydrogen) atoms. The van der Waals surface area contributed by atoms with Crippen LogP contribution in [0.2, 0.25) is 0 Å². The second-order valence-electron chi connectivity index (χ2n) is 0. The standard InChI is InChI=1S/2Cd.2Fe.5O/q2*+2;2*+3;5*-2. The molecule has 0 heterocycles. The zero-order chi connectivity index (χ0) is 0. The van der Waals surface area contributed by atoms with Gasteiger partial charge in [0.05, 0.1) is 0 Å². The van der Waals surface area contributed by atoms with Gasteiger partial charge in [-0.25, -0.2) is 0 Å². The average molecular weight is 417 g/mol. The van der Waals surface area contributed by atoms with Gasteiger partial charge in [-0.05, 0) is 0 Å².